The molecule has 0 saturated carbocycles. The van der Waals surface area contributed by atoms with E-state index in [1.807, 2.05) is 24.3 Å². The Kier molecular flexibility index (Phi) is 11.9. The second kappa shape index (κ2) is 14.1. The summed E-state index contributed by atoms with van der Waals surface area (Å²) in [6.07, 6.45) is 3.36. The van der Waals surface area contributed by atoms with E-state index in [9.17, 15) is 0 Å². The number of benzene rings is 1. The fourth-order valence-electron chi connectivity index (χ4n) is 1.61. The van der Waals surface area contributed by atoms with E-state index in [0.29, 0.717) is 36.5 Å². The Hall–Kier alpha value is -2.14. The van der Waals surface area contributed by atoms with Crippen molar-refractivity contribution in [2.45, 2.75) is 0 Å². The molecule has 0 aliphatic rings. The number of nitrogens with one attached hydrogen (secondary N) is 4. The first-order valence-corrected chi connectivity index (χ1v) is 8.69. The Morgan fingerprint density at radius 2 is 1.23 bits per heavy atom. The van der Waals surface area contributed by atoms with Gasteiger partial charge in [-0.2, -0.15) is 10.2 Å². The molecule has 0 fully saturated rings. The van der Waals surface area contributed by atoms with E-state index in [4.69, 9.17) is 33.9 Å². The number of hydrazone groups is 2. The van der Waals surface area contributed by atoms with Crippen molar-refractivity contribution in [3.63, 3.8) is 0 Å². The largest absolute Gasteiger partial charge is 0.383 e. The molecule has 0 aromatic heterocycles. The SMILES string of the molecule is COCCNC(=S)N/N=C\c1ccc(/C=N\NC(=S)NCCOC)cc1. The Bertz CT molecular complexity index is 554. The summed E-state index contributed by atoms with van der Waals surface area (Å²) in [4.78, 5) is 0. The lowest BCUT2D eigenvalue weighted by Crippen LogP contribution is -2.34. The molecule has 0 saturated heterocycles. The molecule has 0 aliphatic carbocycles. The maximum Gasteiger partial charge on any atom is 0.187 e. The molecular formula is C16H24N6O2S2. The van der Waals surface area contributed by atoms with Crippen LogP contribution < -0.4 is 21.5 Å². The Labute approximate surface area is 164 Å². The minimum Gasteiger partial charge on any atom is -0.383 e. The first-order valence-electron chi connectivity index (χ1n) is 7.87. The highest BCUT2D eigenvalue weighted by molar-refractivity contribution is 7.80. The van der Waals surface area contributed by atoms with Crippen molar-refractivity contribution in [1.29, 1.82) is 0 Å². The smallest absolute Gasteiger partial charge is 0.187 e. The number of hydrogen-bond acceptors (Lipinski definition) is 6. The monoisotopic (exact) mass is 396 g/mol. The molecule has 4 N–H and O–H groups in total. The minimum atomic E-state index is 0.447. The standard InChI is InChI=1S/C16H24N6O2S2/c1-23-9-7-17-15(25)21-19-11-13-3-5-14(6-4-13)12-20-22-16(26)18-8-10-24-2/h3-6,11-12H,7-10H2,1-2H3,(H2,17,21,25)(H2,18,22,26)/b19-11-,20-12-. The lowest BCUT2D eigenvalue weighted by atomic mass is 10.2. The van der Waals surface area contributed by atoms with Gasteiger partial charge in [-0.1, -0.05) is 24.3 Å². The molecule has 1 aromatic rings. The molecule has 0 bridgehead atoms. The van der Waals surface area contributed by atoms with E-state index in [1.54, 1.807) is 26.6 Å². The van der Waals surface area contributed by atoms with Crippen molar-refractivity contribution in [3.05, 3.63) is 35.4 Å². The van der Waals surface area contributed by atoms with E-state index in [1.165, 1.54) is 0 Å². The lowest BCUT2D eigenvalue weighted by molar-refractivity contribution is 0.204. The number of rotatable bonds is 10. The van der Waals surface area contributed by atoms with Crippen LogP contribution in [0.5, 0.6) is 0 Å². The van der Waals surface area contributed by atoms with Gasteiger partial charge in [0, 0.05) is 27.3 Å². The quantitative estimate of drug-likeness (QED) is 0.198. The van der Waals surface area contributed by atoms with Crippen molar-refractivity contribution in [3.8, 4) is 0 Å². The highest BCUT2D eigenvalue weighted by Gasteiger charge is 1.94. The molecule has 0 atom stereocenters. The van der Waals surface area contributed by atoms with E-state index < -0.39 is 0 Å². The third-order valence-corrected chi connectivity index (χ3v) is 3.35. The van der Waals surface area contributed by atoms with Crippen LogP contribution in [0, 0.1) is 0 Å². The fourth-order valence-corrected chi connectivity index (χ4v) is 1.92. The van der Waals surface area contributed by atoms with Crippen molar-refractivity contribution < 1.29 is 9.47 Å². The summed E-state index contributed by atoms with van der Waals surface area (Å²) in [6, 6.07) is 7.68. The van der Waals surface area contributed by atoms with Crippen molar-refractivity contribution in [2.75, 3.05) is 40.5 Å². The molecule has 1 aromatic carbocycles. The van der Waals surface area contributed by atoms with E-state index >= 15 is 0 Å². The molecule has 0 spiro atoms. The van der Waals surface area contributed by atoms with Crippen LogP contribution in [0.1, 0.15) is 11.1 Å². The molecule has 8 nitrogen and oxygen atoms in total. The topological polar surface area (TPSA) is 91.3 Å². The summed E-state index contributed by atoms with van der Waals surface area (Å²) >= 11 is 10.1. The average Bonchev–Trinajstić information content (AvgIpc) is 2.63. The van der Waals surface area contributed by atoms with Gasteiger partial charge in [-0.15, -0.1) is 0 Å². The highest BCUT2D eigenvalue weighted by atomic mass is 32.1. The van der Waals surface area contributed by atoms with Gasteiger partial charge in [0.25, 0.3) is 0 Å². The summed E-state index contributed by atoms with van der Waals surface area (Å²) in [7, 11) is 3.27. The maximum atomic E-state index is 5.07. The molecular weight excluding hydrogens is 372 g/mol. The number of hydrogen-bond donors (Lipinski definition) is 4. The molecule has 0 heterocycles. The van der Waals surface area contributed by atoms with Crippen molar-refractivity contribution in [1.82, 2.24) is 21.5 Å². The Balaban J connectivity index is 2.34. The lowest BCUT2D eigenvalue weighted by Gasteiger charge is -2.05. The summed E-state index contributed by atoms with van der Waals surface area (Å²) in [5.74, 6) is 0. The Morgan fingerprint density at radius 3 is 1.58 bits per heavy atom. The van der Waals surface area contributed by atoms with Crippen LogP contribution >= 0.6 is 24.4 Å². The van der Waals surface area contributed by atoms with Gasteiger partial charge in [0.05, 0.1) is 25.6 Å². The third kappa shape index (κ3) is 10.7. The summed E-state index contributed by atoms with van der Waals surface area (Å²) in [5.41, 5.74) is 7.34. The van der Waals surface area contributed by atoms with Crippen molar-refractivity contribution in [2.24, 2.45) is 10.2 Å². The molecule has 0 amide bonds. The zero-order valence-electron chi connectivity index (χ0n) is 14.8. The summed E-state index contributed by atoms with van der Waals surface area (Å²) < 4.78 is 9.84. The van der Waals surface area contributed by atoms with Crippen molar-refractivity contribution >= 4 is 47.1 Å². The predicted octanol–water partition coefficient (Wildman–Crippen LogP) is 0.575. The molecule has 0 unspecified atom stereocenters. The van der Waals surface area contributed by atoms with Crippen LogP contribution in [0.2, 0.25) is 0 Å². The van der Waals surface area contributed by atoms with Crippen LogP contribution in [-0.4, -0.2) is 63.2 Å². The summed E-state index contributed by atoms with van der Waals surface area (Å²) in [6.45, 7) is 2.42. The van der Waals surface area contributed by atoms with Crippen LogP contribution in [0.4, 0.5) is 0 Å². The maximum absolute atomic E-state index is 5.07. The Morgan fingerprint density at radius 1 is 0.846 bits per heavy atom. The molecule has 0 radical (unpaired) electrons. The van der Waals surface area contributed by atoms with Crippen LogP contribution in [-0.2, 0) is 9.47 Å². The van der Waals surface area contributed by atoms with Gasteiger partial charge in [0.1, 0.15) is 0 Å². The molecule has 26 heavy (non-hydrogen) atoms. The van der Waals surface area contributed by atoms with Crippen LogP contribution in [0.25, 0.3) is 0 Å². The number of thiocarbonyl (C=S) groups is 2. The fraction of sp³-hybridized carbons (Fsp3) is 0.375. The zero-order valence-corrected chi connectivity index (χ0v) is 16.5. The molecule has 1 rings (SSSR count). The average molecular weight is 397 g/mol. The number of ether oxygens (including phenoxy) is 2. The van der Waals surface area contributed by atoms with E-state index in [2.05, 4.69) is 31.7 Å². The van der Waals surface area contributed by atoms with Gasteiger partial charge in [-0.3, -0.25) is 10.9 Å². The van der Waals surface area contributed by atoms with E-state index in [-0.39, 0.29) is 0 Å². The predicted molar refractivity (Wildman–Crippen MR) is 113 cm³/mol. The molecule has 10 heteroatoms. The third-order valence-electron chi connectivity index (χ3n) is 2.88. The number of methoxy groups -OCH3 is 2. The van der Waals surface area contributed by atoms with E-state index in [0.717, 1.165) is 11.1 Å². The second-order valence-electron chi connectivity index (χ2n) is 4.90. The first-order chi connectivity index (χ1) is 12.7. The minimum absolute atomic E-state index is 0.447. The van der Waals surface area contributed by atoms with Gasteiger partial charge in [-0.25, -0.2) is 0 Å². The van der Waals surface area contributed by atoms with Gasteiger partial charge in [0.15, 0.2) is 10.2 Å². The number of nitrogens with zero attached hydrogens (tertiary/aromatic N) is 2. The normalized spacial score (nSPS) is 10.8. The van der Waals surface area contributed by atoms with Gasteiger partial charge in [-0.05, 0) is 35.6 Å². The van der Waals surface area contributed by atoms with Crippen LogP contribution in [0.15, 0.2) is 34.5 Å². The first kappa shape index (κ1) is 21.9. The molecule has 0 aliphatic heterocycles. The van der Waals surface area contributed by atoms with Gasteiger partial charge >= 0.3 is 0 Å². The zero-order chi connectivity index (χ0) is 19.0. The summed E-state index contributed by atoms with van der Waals surface area (Å²) in [5, 5.41) is 15.0. The van der Waals surface area contributed by atoms with Crippen LogP contribution in [0.3, 0.4) is 0 Å². The van der Waals surface area contributed by atoms with Gasteiger partial charge in [0.2, 0.25) is 0 Å². The molecule has 142 valence electrons. The second-order valence-corrected chi connectivity index (χ2v) is 5.72. The highest BCUT2D eigenvalue weighted by Crippen LogP contribution is 1.99. The van der Waals surface area contributed by atoms with Gasteiger partial charge < -0.3 is 20.1 Å².